The van der Waals surface area contributed by atoms with Crippen LogP contribution in [0.25, 0.3) is 0 Å². The molecule has 0 N–H and O–H groups in total. The summed E-state index contributed by atoms with van der Waals surface area (Å²) in [6.45, 7) is 3.01. The Morgan fingerprint density at radius 2 is 1.32 bits per heavy atom. The monoisotopic (exact) mass is 477 g/mol. The van der Waals surface area contributed by atoms with Crippen molar-refractivity contribution in [2.24, 2.45) is 0 Å². The lowest BCUT2D eigenvalue weighted by Gasteiger charge is -2.38. The molecule has 2 heterocycles. The number of carbonyl (C=O) groups excluding carboxylic acids is 2. The maximum atomic E-state index is 13.1. The van der Waals surface area contributed by atoms with Crippen LogP contribution in [0.2, 0.25) is 5.02 Å². The van der Waals surface area contributed by atoms with Gasteiger partial charge in [-0.3, -0.25) is 14.5 Å². The van der Waals surface area contributed by atoms with Gasteiger partial charge in [0.05, 0.1) is 18.2 Å². The zero-order chi connectivity index (χ0) is 23.7. The molecule has 1 unspecified atom stereocenters. The molecule has 0 aliphatic carbocycles. The number of amides is 2. The predicted molar refractivity (Wildman–Crippen MR) is 132 cm³/mol. The number of halogens is 2. The number of rotatable bonds is 5. The van der Waals surface area contributed by atoms with Gasteiger partial charge in [0, 0.05) is 36.9 Å². The molecule has 5 nitrogen and oxygen atoms in total. The highest BCUT2D eigenvalue weighted by Gasteiger charge is 2.43. The molecule has 0 radical (unpaired) electrons. The van der Waals surface area contributed by atoms with Crippen molar-refractivity contribution in [2.75, 3.05) is 36.0 Å². The van der Waals surface area contributed by atoms with E-state index in [2.05, 4.69) is 34.1 Å². The number of hydrogen-bond acceptors (Lipinski definition) is 4. The van der Waals surface area contributed by atoms with Crippen LogP contribution in [0.1, 0.15) is 17.5 Å². The van der Waals surface area contributed by atoms with E-state index < -0.39 is 6.04 Å². The van der Waals surface area contributed by atoms with Crippen LogP contribution >= 0.6 is 11.6 Å². The Bertz CT molecular complexity index is 1170. The van der Waals surface area contributed by atoms with Gasteiger partial charge < -0.3 is 4.90 Å². The smallest absolute Gasteiger partial charge is 0.251 e. The fraction of sp³-hybridized carbons (Fsp3) is 0.259. The molecular weight excluding hydrogens is 453 g/mol. The zero-order valence-corrected chi connectivity index (χ0v) is 19.4. The van der Waals surface area contributed by atoms with Gasteiger partial charge in [-0.15, -0.1) is 0 Å². The zero-order valence-electron chi connectivity index (χ0n) is 18.7. The molecule has 0 bridgehead atoms. The van der Waals surface area contributed by atoms with Crippen molar-refractivity contribution in [1.82, 2.24) is 4.90 Å². The van der Waals surface area contributed by atoms with Crippen molar-refractivity contribution in [1.29, 1.82) is 0 Å². The first-order chi connectivity index (χ1) is 16.5. The third kappa shape index (κ3) is 4.69. The van der Waals surface area contributed by atoms with E-state index in [1.165, 1.54) is 22.6 Å². The topological polar surface area (TPSA) is 43.9 Å². The molecule has 3 aromatic carbocycles. The SMILES string of the molecule is O=C1CC(N2CCN(c3ccc(Cc4ccc(F)cc4)cc3)CC2)C(=O)N1c1ccc(Cl)cc1. The molecular formula is C27H25ClFN3O2. The van der Waals surface area contributed by atoms with Crippen molar-refractivity contribution in [3.8, 4) is 0 Å². The van der Waals surface area contributed by atoms with Gasteiger partial charge in [0.15, 0.2) is 0 Å². The molecule has 0 aromatic heterocycles. The van der Waals surface area contributed by atoms with Gasteiger partial charge in [-0.25, -0.2) is 9.29 Å². The Labute approximate surface area is 203 Å². The molecule has 0 saturated carbocycles. The number of nitrogens with zero attached hydrogens (tertiary/aromatic N) is 3. The lowest BCUT2D eigenvalue weighted by atomic mass is 10.0. The molecule has 174 valence electrons. The number of carbonyl (C=O) groups is 2. The minimum Gasteiger partial charge on any atom is -0.369 e. The summed E-state index contributed by atoms with van der Waals surface area (Å²) in [5, 5.41) is 0.569. The Hall–Kier alpha value is -3.22. The molecule has 2 aliphatic rings. The fourth-order valence-corrected chi connectivity index (χ4v) is 4.84. The maximum Gasteiger partial charge on any atom is 0.251 e. The maximum absolute atomic E-state index is 13.1. The summed E-state index contributed by atoms with van der Waals surface area (Å²) in [5.41, 5.74) is 3.96. The summed E-state index contributed by atoms with van der Waals surface area (Å²) in [5.74, 6) is -0.554. The largest absolute Gasteiger partial charge is 0.369 e. The van der Waals surface area contributed by atoms with Gasteiger partial charge >= 0.3 is 0 Å². The normalized spacial score (nSPS) is 19.2. The van der Waals surface area contributed by atoms with Crippen molar-refractivity contribution in [3.63, 3.8) is 0 Å². The molecule has 3 aromatic rings. The summed E-state index contributed by atoms with van der Waals surface area (Å²) in [6.07, 6.45) is 0.968. The van der Waals surface area contributed by atoms with Crippen molar-refractivity contribution in [2.45, 2.75) is 18.9 Å². The highest BCUT2D eigenvalue weighted by atomic mass is 35.5. The van der Waals surface area contributed by atoms with E-state index in [1.54, 1.807) is 24.3 Å². The average Bonchev–Trinajstić information content (AvgIpc) is 3.15. The lowest BCUT2D eigenvalue weighted by Crippen LogP contribution is -2.52. The fourth-order valence-electron chi connectivity index (χ4n) is 4.72. The van der Waals surface area contributed by atoms with E-state index in [1.807, 2.05) is 12.1 Å². The van der Waals surface area contributed by atoms with Gasteiger partial charge in [0.1, 0.15) is 5.82 Å². The first kappa shape index (κ1) is 22.6. The second-order valence-electron chi connectivity index (χ2n) is 8.76. The molecule has 34 heavy (non-hydrogen) atoms. The summed E-state index contributed by atoms with van der Waals surface area (Å²) in [7, 11) is 0. The van der Waals surface area contributed by atoms with Crippen molar-refractivity contribution < 1.29 is 14.0 Å². The van der Waals surface area contributed by atoms with Crippen LogP contribution in [0.3, 0.4) is 0 Å². The van der Waals surface area contributed by atoms with Crippen LogP contribution in [0, 0.1) is 5.82 Å². The number of hydrogen-bond donors (Lipinski definition) is 0. The van der Waals surface area contributed by atoms with E-state index in [0.717, 1.165) is 43.9 Å². The first-order valence-electron chi connectivity index (χ1n) is 11.4. The van der Waals surface area contributed by atoms with Gasteiger partial charge in [-0.1, -0.05) is 35.9 Å². The van der Waals surface area contributed by atoms with Crippen LogP contribution in [-0.2, 0) is 16.0 Å². The van der Waals surface area contributed by atoms with E-state index in [0.29, 0.717) is 10.7 Å². The molecule has 7 heteroatoms. The second-order valence-corrected chi connectivity index (χ2v) is 9.19. The number of benzene rings is 3. The number of piperazine rings is 1. The van der Waals surface area contributed by atoms with E-state index in [4.69, 9.17) is 11.6 Å². The van der Waals surface area contributed by atoms with Crippen LogP contribution < -0.4 is 9.80 Å². The minimum absolute atomic E-state index is 0.161. The van der Waals surface area contributed by atoms with Gasteiger partial charge in [0.25, 0.3) is 5.91 Å². The molecule has 1 atom stereocenters. The minimum atomic E-state index is -0.414. The highest BCUT2D eigenvalue weighted by Crippen LogP contribution is 2.28. The molecule has 2 aliphatic heterocycles. The first-order valence-corrected chi connectivity index (χ1v) is 11.8. The number of imide groups is 1. The lowest BCUT2D eigenvalue weighted by molar-refractivity contribution is -0.123. The predicted octanol–water partition coefficient (Wildman–Crippen LogP) is 4.52. The van der Waals surface area contributed by atoms with Crippen LogP contribution in [0.4, 0.5) is 15.8 Å². The average molecular weight is 478 g/mol. The molecule has 2 saturated heterocycles. The Morgan fingerprint density at radius 3 is 1.94 bits per heavy atom. The summed E-state index contributed by atoms with van der Waals surface area (Å²) < 4.78 is 13.1. The van der Waals surface area contributed by atoms with Crippen molar-refractivity contribution >= 4 is 34.8 Å². The third-order valence-corrected chi connectivity index (χ3v) is 6.84. The van der Waals surface area contributed by atoms with Gasteiger partial charge in [-0.2, -0.15) is 0 Å². The quantitative estimate of drug-likeness (QED) is 0.507. The van der Waals surface area contributed by atoms with Crippen molar-refractivity contribution in [3.05, 3.63) is 94.8 Å². The van der Waals surface area contributed by atoms with E-state index in [-0.39, 0.29) is 24.1 Å². The Balaban J connectivity index is 1.18. The standard InChI is InChI=1S/C27H25ClFN3O2/c28-21-5-11-24(12-6-21)32-26(33)18-25(27(32)34)31-15-13-30(14-16-31)23-9-3-20(4-10-23)17-19-1-7-22(29)8-2-19/h1-12,25H,13-18H2. The van der Waals surface area contributed by atoms with Crippen LogP contribution in [-0.4, -0.2) is 48.9 Å². The molecule has 2 fully saturated rings. The summed E-state index contributed by atoms with van der Waals surface area (Å²) in [4.78, 5) is 31.4. The Kier molecular flexibility index (Phi) is 6.35. The summed E-state index contributed by atoms with van der Waals surface area (Å²) in [6, 6.07) is 21.4. The molecule has 2 amide bonds. The van der Waals surface area contributed by atoms with Crippen LogP contribution in [0.5, 0.6) is 0 Å². The summed E-state index contributed by atoms with van der Waals surface area (Å²) >= 11 is 5.94. The second kappa shape index (κ2) is 9.57. The Morgan fingerprint density at radius 1 is 0.765 bits per heavy atom. The number of anilines is 2. The van der Waals surface area contributed by atoms with Gasteiger partial charge in [-0.05, 0) is 66.1 Å². The highest BCUT2D eigenvalue weighted by molar-refractivity contribution is 6.30. The molecule has 5 rings (SSSR count). The van der Waals surface area contributed by atoms with E-state index >= 15 is 0 Å². The van der Waals surface area contributed by atoms with Gasteiger partial charge in [0.2, 0.25) is 5.91 Å². The third-order valence-electron chi connectivity index (χ3n) is 6.59. The van der Waals surface area contributed by atoms with E-state index in [9.17, 15) is 14.0 Å². The molecule has 0 spiro atoms. The van der Waals surface area contributed by atoms with Crippen LogP contribution in [0.15, 0.2) is 72.8 Å².